The molecule has 0 aliphatic rings. The van der Waals surface area contributed by atoms with Gasteiger partial charge in [-0.25, -0.2) is 14.3 Å². The number of phosphoric acid groups is 1. The van der Waals surface area contributed by atoms with Gasteiger partial charge in [0.25, 0.3) is 11.0 Å². The molecule has 7 nitrogen and oxygen atoms in total. The smallest absolute Gasteiger partial charge is 0.282 e. The molecule has 0 radical (unpaired) electrons. The molecule has 1 N–H and O–H groups in total. The van der Waals surface area contributed by atoms with Crippen LogP contribution < -0.4 is 0 Å². The van der Waals surface area contributed by atoms with Crippen molar-refractivity contribution in [3.63, 3.8) is 0 Å². The minimum absolute atomic E-state index is 0.0164. The molecule has 0 aromatic heterocycles. The molecule has 120 valence electrons. The third-order valence-electron chi connectivity index (χ3n) is 1.87. The van der Waals surface area contributed by atoms with Crippen LogP contribution in [0.1, 0.15) is 20.8 Å². The lowest BCUT2D eigenvalue weighted by Gasteiger charge is -2.29. The van der Waals surface area contributed by atoms with Gasteiger partial charge in [-0.05, 0) is 25.4 Å². The van der Waals surface area contributed by atoms with Crippen molar-refractivity contribution in [1.29, 1.82) is 0 Å². The Hall–Kier alpha value is 0.570. The SMILES string of the molecule is CC(CCl)OP(=O)(OC(C)CCl)OC(C)(OO)C(=O)Cl. The topological polar surface area (TPSA) is 91.3 Å². The first-order valence-electron chi connectivity index (χ1n) is 5.44. The third kappa shape index (κ3) is 6.56. The predicted molar refractivity (Wildman–Crippen MR) is 74.2 cm³/mol. The molecule has 0 aromatic rings. The molecule has 0 spiro atoms. The maximum atomic E-state index is 12.4. The molecule has 11 heteroatoms. The van der Waals surface area contributed by atoms with Crippen LogP contribution in [0.4, 0.5) is 0 Å². The summed E-state index contributed by atoms with van der Waals surface area (Å²) in [6, 6.07) is 0. The highest BCUT2D eigenvalue weighted by Gasteiger charge is 2.46. The number of rotatable bonds is 10. The van der Waals surface area contributed by atoms with Gasteiger partial charge >= 0.3 is 7.82 Å². The first-order chi connectivity index (χ1) is 9.12. The highest BCUT2D eigenvalue weighted by molar-refractivity contribution is 7.48. The Balaban J connectivity index is 5.21. The van der Waals surface area contributed by atoms with Crippen molar-refractivity contribution in [2.24, 2.45) is 0 Å². The second-order valence-corrected chi connectivity index (χ2v) is 6.45. The molecular formula is C9H16Cl3O7P. The number of phosphoric ester groups is 1. The first-order valence-corrected chi connectivity index (χ1v) is 8.35. The highest BCUT2D eigenvalue weighted by Crippen LogP contribution is 2.55. The van der Waals surface area contributed by atoms with Crippen molar-refractivity contribution >= 4 is 47.9 Å². The van der Waals surface area contributed by atoms with Crippen LogP contribution in [-0.4, -0.2) is 40.3 Å². The largest absolute Gasteiger partial charge is 0.478 e. The zero-order valence-corrected chi connectivity index (χ0v) is 14.2. The van der Waals surface area contributed by atoms with Gasteiger partial charge < -0.3 is 0 Å². The fraction of sp³-hybridized carbons (Fsp3) is 0.889. The van der Waals surface area contributed by atoms with Crippen molar-refractivity contribution in [2.75, 3.05) is 11.8 Å². The van der Waals surface area contributed by atoms with Gasteiger partial charge in [0.15, 0.2) is 0 Å². The van der Waals surface area contributed by atoms with Gasteiger partial charge in [0.2, 0.25) is 0 Å². The second-order valence-electron chi connectivity index (χ2n) is 3.99. The van der Waals surface area contributed by atoms with E-state index < -0.39 is 31.1 Å². The minimum Gasteiger partial charge on any atom is -0.282 e. The summed E-state index contributed by atoms with van der Waals surface area (Å²) in [7, 11) is -4.32. The second kappa shape index (κ2) is 8.88. The highest BCUT2D eigenvalue weighted by atomic mass is 35.5. The van der Waals surface area contributed by atoms with E-state index in [0.717, 1.165) is 6.92 Å². The number of halogens is 3. The van der Waals surface area contributed by atoms with Crippen LogP contribution in [-0.2, 0) is 27.8 Å². The zero-order valence-electron chi connectivity index (χ0n) is 11.0. The Bertz CT molecular complexity index is 353. The Morgan fingerprint density at radius 2 is 1.65 bits per heavy atom. The van der Waals surface area contributed by atoms with Gasteiger partial charge in [-0.3, -0.25) is 13.8 Å². The molecule has 0 aliphatic carbocycles. The van der Waals surface area contributed by atoms with E-state index in [1.807, 2.05) is 0 Å². The molecule has 0 aliphatic heterocycles. The Morgan fingerprint density at radius 1 is 1.25 bits per heavy atom. The van der Waals surface area contributed by atoms with Crippen LogP contribution in [0.15, 0.2) is 0 Å². The minimum atomic E-state index is -4.32. The summed E-state index contributed by atoms with van der Waals surface area (Å²) in [5.41, 5.74) is 0. The molecule has 20 heavy (non-hydrogen) atoms. The van der Waals surface area contributed by atoms with E-state index >= 15 is 0 Å². The molecule has 3 atom stereocenters. The molecule has 3 unspecified atom stereocenters. The zero-order chi connectivity index (χ0) is 16.0. The first kappa shape index (κ1) is 20.6. The maximum Gasteiger partial charge on any atom is 0.478 e. The van der Waals surface area contributed by atoms with Crippen molar-refractivity contribution < 1.29 is 33.1 Å². The van der Waals surface area contributed by atoms with Gasteiger partial charge in [0.05, 0.1) is 12.2 Å². The van der Waals surface area contributed by atoms with Crippen molar-refractivity contribution in [1.82, 2.24) is 0 Å². The molecule has 0 heterocycles. The summed E-state index contributed by atoms with van der Waals surface area (Å²) in [6.07, 6.45) is -1.45. The van der Waals surface area contributed by atoms with Crippen LogP contribution in [0.3, 0.4) is 0 Å². The number of carbonyl (C=O) groups is 1. The number of carbonyl (C=O) groups excluding carboxylic acids is 1. The van der Waals surface area contributed by atoms with Crippen molar-refractivity contribution in [2.45, 2.75) is 38.8 Å². The van der Waals surface area contributed by atoms with E-state index in [2.05, 4.69) is 4.89 Å². The van der Waals surface area contributed by atoms with Crippen LogP contribution in [0.2, 0.25) is 0 Å². The van der Waals surface area contributed by atoms with E-state index in [9.17, 15) is 9.36 Å². The lowest BCUT2D eigenvalue weighted by atomic mass is 10.4. The molecule has 0 saturated heterocycles. The summed E-state index contributed by atoms with van der Waals surface area (Å²) in [4.78, 5) is 15.0. The fourth-order valence-electron chi connectivity index (χ4n) is 0.867. The summed E-state index contributed by atoms with van der Waals surface area (Å²) in [5, 5.41) is 7.43. The van der Waals surface area contributed by atoms with Crippen LogP contribution in [0.5, 0.6) is 0 Å². The van der Waals surface area contributed by atoms with E-state index in [-0.39, 0.29) is 11.8 Å². The van der Waals surface area contributed by atoms with Crippen molar-refractivity contribution in [3.8, 4) is 0 Å². The average molecular weight is 374 g/mol. The van der Waals surface area contributed by atoms with Gasteiger partial charge in [-0.2, -0.15) is 4.89 Å². The standard InChI is InChI=1S/C9H16Cl3O7P/c1-6(4-10)16-20(15,17-7(2)5-11)19-9(3,18-14)8(12)13/h6-7,14H,4-5H2,1-3H3. The van der Waals surface area contributed by atoms with Crippen LogP contribution in [0.25, 0.3) is 0 Å². The molecule has 0 aromatic carbocycles. The van der Waals surface area contributed by atoms with E-state index in [1.165, 1.54) is 13.8 Å². The number of hydrogen-bond donors (Lipinski definition) is 1. The third-order valence-corrected chi connectivity index (χ3v) is 4.89. The summed E-state index contributed by atoms with van der Waals surface area (Å²) in [6.45, 7) is 3.94. The molecule has 0 fully saturated rings. The van der Waals surface area contributed by atoms with Gasteiger partial charge in [0, 0.05) is 18.7 Å². The lowest BCUT2D eigenvalue weighted by Crippen LogP contribution is -2.38. The Labute approximate surface area is 131 Å². The van der Waals surface area contributed by atoms with Gasteiger partial charge in [-0.1, -0.05) is 0 Å². The average Bonchev–Trinajstić information content (AvgIpc) is 2.37. The van der Waals surface area contributed by atoms with Crippen LogP contribution in [0, 0.1) is 0 Å². The normalized spacial score (nSPS) is 20.8. The predicted octanol–water partition coefficient (Wildman–Crippen LogP) is 3.37. The lowest BCUT2D eigenvalue weighted by molar-refractivity contribution is -0.358. The summed E-state index contributed by atoms with van der Waals surface area (Å²) < 4.78 is 27.3. The summed E-state index contributed by atoms with van der Waals surface area (Å²) >= 11 is 16.3. The number of hydrogen-bond acceptors (Lipinski definition) is 7. The van der Waals surface area contributed by atoms with E-state index in [1.54, 1.807) is 0 Å². The van der Waals surface area contributed by atoms with E-state index in [0.29, 0.717) is 0 Å². The maximum absolute atomic E-state index is 12.4. The Kier molecular flexibility index (Phi) is 9.13. The van der Waals surface area contributed by atoms with Crippen molar-refractivity contribution in [3.05, 3.63) is 0 Å². The Morgan fingerprint density at radius 3 is 1.90 bits per heavy atom. The summed E-state index contributed by atoms with van der Waals surface area (Å²) in [5.74, 6) is -2.45. The number of alkyl halides is 2. The molecule has 0 saturated carbocycles. The monoisotopic (exact) mass is 372 g/mol. The van der Waals surface area contributed by atoms with Gasteiger partial charge in [-0.15, -0.1) is 23.2 Å². The van der Waals surface area contributed by atoms with Gasteiger partial charge in [0.1, 0.15) is 0 Å². The molecular weight excluding hydrogens is 357 g/mol. The molecule has 0 bridgehead atoms. The van der Waals surface area contributed by atoms with Crippen LogP contribution >= 0.6 is 42.6 Å². The fourth-order valence-corrected chi connectivity index (χ4v) is 3.00. The quantitative estimate of drug-likeness (QED) is 0.157. The molecule has 0 amide bonds. The molecule has 0 rings (SSSR count). The van der Waals surface area contributed by atoms with E-state index in [4.69, 9.17) is 53.6 Å².